The minimum atomic E-state index is -1.74. The average molecular weight is 479 g/mol. The highest BCUT2D eigenvalue weighted by Gasteiger charge is 2.30. The van der Waals surface area contributed by atoms with Crippen molar-refractivity contribution in [3.8, 4) is 5.75 Å². The Hall–Kier alpha value is -3.19. The number of benzene rings is 1. The van der Waals surface area contributed by atoms with E-state index in [2.05, 4.69) is 10.3 Å². The number of carbonyl (C=O) groups excluding carboxylic acids is 2. The zero-order valence-electron chi connectivity index (χ0n) is 19.8. The van der Waals surface area contributed by atoms with E-state index in [0.29, 0.717) is 18.6 Å². The molecule has 1 amide bonds. The van der Waals surface area contributed by atoms with Crippen LogP contribution in [-0.2, 0) is 16.0 Å². The SMILES string of the molecule is COc1ccc(CC(=O)C[C@@H](CCCN=C(N)N[N+](=O)[O-])C(=O)N[C@@H](CC(C)C)B(O)O)cc1. The van der Waals surface area contributed by atoms with Crippen LogP contribution in [0.15, 0.2) is 29.3 Å². The maximum Gasteiger partial charge on any atom is 0.475 e. The van der Waals surface area contributed by atoms with Crippen LogP contribution in [0.2, 0.25) is 0 Å². The van der Waals surface area contributed by atoms with Gasteiger partial charge in [-0.2, -0.15) is 0 Å². The minimum Gasteiger partial charge on any atom is -0.497 e. The Morgan fingerprint density at radius 1 is 1.26 bits per heavy atom. The number of methoxy groups -OCH3 is 1. The molecular weight excluding hydrogens is 445 g/mol. The first-order valence-corrected chi connectivity index (χ1v) is 11.0. The first-order chi connectivity index (χ1) is 16.0. The number of hydrazine groups is 1. The summed E-state index contributed by atoms with van der Waals surface area (Å²) in [5.74, 6) is -1.83. The third-order valence-corrected chi connectivity index (χ3v) is 5.02. The van der Waals surface area contributed by atoms with Crippen LogP contribution in [0.5, 0.6) is 5.75 Å². The lowest BCUT2D eigenvalue weighted by molar-refractivity contribution is -0.525. The number of ether oxygens (including phenoxy) is 1. The van der Waals surface area contributed by atoms with Crippen LogP contribution in [-0.4, -0.2) is 59.4 Å². The smallest absolute Gasteiger partial charge is 0.475 e. The molecule has 0 fully saturated rings. The molecule has 0 bridgehead atoms. The number of nitrogens with zero attached hydrogens (tertiary/aromatic N) is 2. The third-order valence-electron chi connectivity index (χ3n) is 5.02. The average Bonchev–Trinajstić information content (AvgIpc) is 2.74. The van der Waals surface area contributed by atoms with Gasteiger partial charge in [0.2, 0.25) is 5.91 Å². The quantitative estimate of drug-likeness (QED) is 0.0585. The monoisotopic (exact) mass is 479 g/mol. The molecule has 0 aliphatic rings. The summed E-state index contributed by atoms with van der Waals surface area (Å²) in [6, 6.07) is 7.03. The van der Waals surface area contributed by atoms with Gasteiger partial charge in [0, 0.05) is 25.3 Å². The van der Waals surface area contributed by atoms with E-state index in [0.717, 1.165) is 5.56 Å². The van der Waals surface area contributed by atoms with E-state index < -0.39 is 29.9 Å². The second-order valence-corrected chi connectivity index (χ2v) is 8.40. The largest absolute Gasteiger partial charge is 0.497 e. The molecule has 6 N–H and O–H groups in total. The van der Waals surface area contributed by atoms with Crippen molar-refractivity contribution in [3.05, 3.63) is 39.9 Å². The molecule has 0 radical (unpaired) electrons. The van der Waals surface area contributed by atoms with Crippen LogP contribution in [0.1, 0.15) is 45.1 Å². The van der Waals surface area contributed by atoms with E-state index in [4.69, 9.17) is 10.5 Å². The molecule has 0 saturated heterocycles. The lowest BCUT2D eigenvalue weighted by Crippen LogP contribution is -2.49. The molecule has 0 aromatic heterocycles. The molecule has 2 atom stereocenters. The Morgan fingerprint density at radius 3 is 2.44 bits per heavy atom. The fourth-order valence-electron chi connectivity index (χ4n) is 3.37. The Bertz CT molecular complexity index is 833. The van der Waals surface area contributed by atoms with Crippen LogP contribution in [0.4, 0.5) is 0 Å². The van der Waals surface area contributed by atoms with Crippen LogP contribution in [0, 0.1) is 22.0 Å². The van der Waals surface area contributed by atoms with E-state index in [1.54, 1.807) is 36.8 Å². The van der Waals surface area contributed by atoms with Gasteiger partial charge in [-0.3, -0.25) is 9.59 Å². The summed E-state index contributed by atoms with van der Waals surface area (Å²) in [6.07, 6.45) is 1.02. The first kappa shape index (κ1) is 28.8. The van der Waals surface area contributed by atoms with Crippen molar-refractivity contribution in [1.82, 2.24) is 10.7 Å². The molecule has 0 heterocycles. The van der Waals surface area contributed by atoms with Crippen LogP contribution in [0.3, 0.4) is 0 Å². The molecule has 12 nitrogen and oxygen atoms in total. The van der Waals surface area contributed by atoms with Gasteiger partial charge in [-0.15, -0.1) is 0 Å². The molecular formula is C21H34BN5O7. The highest BCUT2D eigenvalue weighted by molar-refractivity contribution is 6.43. The number of nitrogens with one attached hydrogen (secondary N) is 2. The zero-order valence-corrected chi connectivity index (χ0v) is 19.8. The number of hydrogen-bond acceptors (Lipinski definition) is 8. The van der Waals surface area contributed by atoms with Gasteiger partial charge in [0.05, 0.1) is 13.1 Å². The van der Waals surface area contributed by atoms with E-state index in [1.165, 1.54) is 0 Å². The van der Waals surface area contributed by atoms with Crippen molar-refractivity contribution in [2.75, 3.05) is 13.7 Å². The molecule has 0 saturated carbocycles. The second kappa shape index (κ2) is 14.9. The molecule has 1 rings (SSSR count). The summed E-state index contributed by atoms with van der Waals surface area (Å²) in [5, 5.41) is 31.4. The highest BCUT2D eigenvalue weighted by atomic mass is 16.7. The minimum absolute atomic E-state index is 0.0554. The topological polar surface area (TPSA) is 189 Å². The molecule has 0 aliphatic carbocycles. The van der Waals surface area contributed by atoms with Gasteiger partial charge in [-0.05, 0) is 42.9 Å². The van der Waals surface area contributed by atoms with Crippen molar-refractivity contribution in [1.29, 1.82) is 0 Å². The number of amides is 1. The Labute approximate surface area is 199 Å². The maximum atomic E-state index is 12.9. The van der Waals surface area contributed by atoms with Gasteiger partial charge in [-0.1, -0.05) is 31.4 Å². The molecule has 34 heavy (non-hydrogen) atoms. The van der Waals surface area contributed by atoms with E-state index >= 15 is 0 Å². The second-order valence-electron chi connectivity index (χ2n) is 8.40. The summed E-state index contributed by atoms with van der Waals surface area (Å²) in [4.78, 5) is 39.8. The molecule has 1 aromatic rings. The van der Waals surface area contributed by atoms with E-state index in [9.17, 15) is 29.8 Å². The van der Waals surface area contributed by atoms with Gasteiger partial charge in [0.1, 0.15) is 11.5 Å². The normalized spacial score (nSPS) is 13.2. The number of carbonyl (C=O) groups is 2. The molecule has 13 heteroatoms. The van der Waals surface area contributed by atoms with Crippen LogP contribution in [0.25, 0.3) is 0 Å². The summed E-state index contributed by atoms with van der Waals surface area (Å²) in [7, 11) is -0.190. The summed E-state index contributed by atoms with van der Waals surface area (Å²) in [5.41, 5.74) is 7.89. The number of guanidine groups is 1. The van der Waals surface area contributed by atoms with Crippen molar-refractivity contribution in [2.45, 2.75) is 51.9 Å². The highest BCUT2D eigenvalue weighted by Crippen LogP contribution is 2.18. The van der Waals surface area contributed by atoms with Gasteiger partial charge in [0.25, 0.3) is 5.96 Å². The Morgan fingerprint density at radius 2 is 1.91 bits per heavy atom. The third kappa shape index (κ3) is 11.6. The maximum absolute atomic E-state index is 12.9. The predicted molar refractivity (Wildman–Crippen MR) is 127 cm³/mol. The van der Waals surface area contributed by atoms with E-state index in [-0.39, 0.29) is 43.5 Å². The van der Waals surface area contributed by atoms with Crippen LogP contribution < -0.4 is 21.2 Å². The van der Waals surface area contributed by atoms with E-state index in [1.807, 2.05) is 13.8 Å². The summed E-state index contributed by atoms with van der Waals surface area (Å²) >= 11 is 0. The fourth-order valence-corrected chi connectivity index (χ4v) is 3.37. The number of nitrogens with two attached hydrogens (primary N) is 1. The lowest BCUT2D eigenvalue weighted by atomic mass is 9.74. The van der Waals surface area contributed by atoms with Crippen molar-refractivity contribution in [2.24, 2.45) is 22.6 Å². The summed E-state index contributed by atoms with van der Waals surface area (Å²) in [6.45, 7) is 3.89. The number of ketones is 1. The molecule has 188 valence electrons. The number of Topliss-reactive ketones (excluding diaryl/α,β-unsaturated/α-hetero) is 1. The van der Waals surface area contributed by atoms with Crippen molar-refractivity contribution < 1.29 is 29.4 Å². The first-order valence-electron chi connectivity index (χ1n) is 11.0. The molecule has 0 unspecified atom stereocenters. The number of aliphatic imine (C=N–C) groups is 1. The molecule has 1 aromatic carbocycles. The molecule has 0 aliphatic heterocycles. The lowest BCUT2D eigenvalue weighted by Gasteiger charge is -2.23. The molecule has 0 spiro atoms. The van der Waals surface area contributed by atoms with Crippen molar-refractivity contribution >= 4 is 24.8 Å². The predicted octanol–water partition coefficient (Wildman–Crippen LogP) is 0.232. The Kier molecular flexibility index (Phi) is 12.6. The van der Waals surface area contributed by atoms with Gasteiger partial charge < -0.3 is 25.8 Å². The number of nitro groups is 1. The zero-order chi connectivity index (χ0) is 25.7. The van der Waals surface area contributed by atoms with Gasteiger partial charge in [-0.25, -0.2) is 15.1 Å². The number of rotatable bonds is 15. The Balaban J connectivity index is 2.84. The van der Waals surface area contributed by atoms with Crippen molar-refractivity contribution in [3.63, 3.8) is 0 Å². The fraction of sp³-hybridized carbons (Fsp3) is 0.571. The summed E-state index contributed by atoms with van der Waals surface area (Å²) < 4.78 is 5.11. The van der Waals surface area contributed by atoms with Crippen LogP contribution >= 0.6 is 0 Å². The van der Waals surface area contributed by atoms with Gasteiger partial charge >= 0.3 is 7.12 Å². The van der Waals surface area contributed by atoms with Gasteiger partial charge in [0.15, 0.2) is 5.03 Å². The standard InChI is InChI=1S/C21H34BN5O7/c1-14(2)11-19(22(30)31)25-20(29)16(5-4-10-24-21(23)26-27(32)33)13-17(28)12-15-6-8-18(34-3)9-7-15/h6-9,14,16,19,30-31H,4-5,10-13H2,1-3H3,(H,25,29)(H3,23,24,26)/t16-,19+/m1/s1. The number of hydrogen-bond donors (Lipinski definition) is 5.